The molecule has 32 heavy (non-hydrogen) atoms. The number of sulfonamides is 1. The molecule has 0 bridgehead atoms. The van der Waals surface area contributed by atoms with Gasteiger partial charge in [-0.05, 0) is 43.3 Å². The standard InChI is InChI=1S/C21H19ClFN3O4S2/c1-4-26-16-8-6-13(32(28,29)25(2)3)10-15(16)24-18(26)11-30-21(27)20-19(22)14-7-5-12(23)9-17(14)31-20/h5-10H,4,11H2,1-3H3. The van der Waals surface area contributed by atoms with Gasteiger partial charge in [-0.25, -0.2) is 26.9 Å². The Hall–Kier alpha value is -2.53. The van der Waals surface area contributed by atoms with Crippen molar-refractivity contribution in [3.63, 3.8) is 0 Å². The third-order valence-electron chi connectivity index (χ3n) is 5.00. The van der Waals surface area contributed by atoms with Crippen molar-refractivity contribution in [2.24, 2.45) is 0 Å². The van der Waals surface area contributed by atoms with E-state index >= 15 is 0 Å². The fourth-order valence-corrected chi connectivity index (χ4v) is 5.71. The first-order valence-electron chi connectivity index (χ1n) is 9.59. The van der Waals surface area contributed by atoms with Gasteiger partial charge in [0.15, 0.2) is 0 Å². The van der Waals surface area contributed by atoms with E-state index in [0.29, 0.717) is 28.0 Å². The molecule has 2 aromatic carbocycles. The molecule has 0 aliphatic carbocycles. The van der Waals surface area contributed by atoms with E-state index in [-0.39, 0.29) is 21.4 Å². The summed E-state index contributed by atoms with van der Waals surface area (Å²) in [5.41, 5.74) is 1.21. The Morgan fingerprint density at radius 2 is 2.00 bits per heavy atom. The lowest BCUT2D eigenvalue weighted by Gasteiger charge is -2.11. The van der Waals surface area contributed by atoms with E-state index in [9.17, 15) is 17.6 Å². The molecule has 0 saturated heterocycles. The maximum absolute atomic E-state index is 13.5. The summed E-state index contributed by atoms with van der Waals surface area (Å²) in [6.45, 7) is 2.33. The van der Waals surface area contributed by atoms with E-state index in [1.54, 1.807) is 6.07 Å². The zero-order valence-corrected chi connectivity index (χ0v) is 19.8. The Labute approximate surface area is 193 Å². The predicted octanol–water partition coefficient (Wildman–Crippen LogP) is 4.67. The van der Waals surface area contributed by atoms with Gasteiger partial charge in [0.05, 0.1) is 21.0 Å². The fraction of sp³-hybridized carbons (Fsp3) is 0.238. The number of carbonyl (C=O) groups is 1. The molecule has 0 amide bonds. The lowest BCUT2D eigenvalue weighted by atomic mass is 10.2. The molecule has 0 spiro atoms. The third-order valence-corrected chi connectivity index (χ3v) is 8.45. The molecule has 11 heteroatoms. The van der Waals surface area contributed by atoms with Gasteiger partial charge in [0, 0.05) is 30.7 Å². The molecule has 7 nitrogen and oxygen atoms in total. The third kappa shape index (κ3) is 3.88. The summed E-state index contributed by atoms with van der Waals surface area (Å²) in [6.07, 6.45) is 0. The molecule has 4 aromatic rings. The molecule has 0 saturated carbocycles. The maximum atomic E-state index is 13.5. The first kappa shape index (κ1) is 22.7. The summed E-state index contributed by atoms with van der Waals surface area (Å²) in [5, 5.41) is 0.804. The van der Waals surface area contributed by atoms with Gasteiger partial charge in [-0.2, -0.15) is 0 Å². The van der Waals surface area contributed by atoms with Crippen LogP contribution in [0.25, 0.3) is 21.1 Å². The van der Waals surface area contributed by atoms with Crippen LogP contribution in [0.2, 0.25) is 5.02 Å². The number of carbonyl (C=O) groups excluding carboxylic acids is 1. The highest BCUT2D eigenvalue weighted by Crippen LogP contribution is 2.36. The topological polar surface area (TPSA) is 81.5 Å². The maximum Gasteiger partial charge on any atom is 0.350 e. The van der Waals surface area contributed by atoms with Crippen LogP contribution in [0, 0.1) is 5.82 Å². The minimum absolute atomic E-state index is 0.128. The van der Waals surface area contributed by atoms with Crippen LogP contribution in [0.15, 0.2) is 41.3 Å². The lowest BCUT2D eigenvalue weighted by Crippen LogP contribution is -2.22. The number of fused-ring (bicyclic) bond motifs is 2. The molecule has 2 aromatic heterocycles. The molecule has 2 heterocycles. The zero-order chi connectivity index (χ0) is 23.2. The number of rotatable bonds is 6. The van der Waals surface area contributed by atoms with Crippen LogP contribution in [0.1, 0.15) is 22.4 Å². The Kier molecular flexibility index (Phi) is 5.97. The van der Waals surface area contributed by atoms with Crippen molar-refractivity contribution in [3.05, 3.63) is 57.9 Å². The van der Waals surface area contributed by atoms with E-state index in [1.807, 2.05) is 11.5 Å². The van der Waals surface area contributed by atoms with Crippen molar-refractivity contribution in [1.29, 1.82) is 0 Å². The van der Waals surface area contributed by atoms with Crippen LogP contribution in [0.4, 0.5) is 4.39 Å². The number of hydrogen-bond donors (Lipinski definition) is 0. The molecule has 168 valence electrons. The number of hydrogen-bond acceptors (Lipinski definition) is 6. The van der Waals surface area contributed by atoms with Crippen LogP contribution in [0.5, 0.6) is 0 Å². The monoisotopic (exact) mass is 495 g/mol. The number of ether oxygens (including phenoxy) is 1. The highest BCUT2D eigenvalue weighted by Gasteiger charge is 2.22. The number of aromatic nitrogens is 2. The molecule has 0 atom stereocenters. The van der Waals surface area contributed by atoms with E-state index in [1.165, 1.54) is 44.4 Å². The number of imidazole rings is 1. The van der Waals surface area contributed by atoms with Crippen molar-refractivity contribution in [3.8, 4) is 0 Å². The average molecular weight is 496 g/mol. The molecule has 0 unspecified atom stereocenters. The highest BCUT2D eigenvalue weighted by molar-refractivity contribution is 7.89. The number of esters is 1. The van der Waals surface area contributed by atoms with E-state index in [4.69, 9.17) is 16.3 Å². The summed E-state index contributed by atoms with van der Waals surface area (Å²) in [5.74, 6) is -0.580. The van der Waals surface area contributed by atoms with E-state index in [2.05, 4.69) is 4.98 Å². The Balaban J connectivity index is 1.63. The van der Waals surface area contributed by atoms with Gasteiger partial charge in [-0.15, -0.1) is 11.3 Å². The average Bonchev–Trinajstić information content (AvgIpc) is 3.27. The van der Waals surface area contributed by atoms with Gasteiger partial charge in [0.1, 0.15) is 23.1 Å². The number of halogens is 2. The SMILES string of the molecule is CCn1c(COC(=O)c2sc3cc(F)ccc3c2Cl)nc2cc(S(=O)(=O)N(C)C)ccc21. The van der Waals surface area contributed by atoms with Crippen LogP contribution >= 0.6 is 22.9 Å². The van der Waals surface area contributed by atoms with Gasteiger partial charge >= 0.3 is 5.97 Å². The highest BCUT2D eigenvalue weighted by atomic mass is 35.5. The summed E-state index contributed by atoms with van der Waals surface area (Å²) in [6, 6.07) is 8.83. The van der Waals surface area contributed by atoms with Crippen LogP contribution in [0.3, 0.4) is 0 Å². The Morgan fingerprint density at radius 1 is 1.25 bits per heavy atom. The summed E-state index contributed by atoms with van der Waals surface area (Å²) in [7, 11) is -0.681. The van der Waals surface area contributed by atoms with Gasteiger partial charge in [0.25, 0.3) is 0 Å². The second kappa shape index (κ2) is 8.43. The zero-order valence-electron chi connectivity index (χ0n) is 17.4. The Morgan fingerprint density at radius 3 is 2.69 bits per heavy atom. The molecule has 0 N–H and O–H groups in total. The second-order valence-electron chi connectivity index (χ2n) is 7.17. The summed E-state index contributed by atoms with van der Waals surface area (Å²) >= 11 is 7.36. The van der Waals surface area contributed by atoms with Crippen molar-refractivity contribution >= 4 is 60.0 Å². The molecule has 0 radical (unpaired) electrons. The summed E-state index contributed by atoms with van der Waals surface area (Å²) in [4.78, 5) is 17.5. The van der Waals surface area contributed by atoms with Crippen molar-refractivity contribution in [1.82, 2.24) is 13.9 Å². The van der Waals surface area contributed by atoms with Gasteiger partial charge in [-0.3, -0.25) is 0 Å². The number of aryl methyl sites for hydroxylation is 1. The molecule has 0 fully saturated rings. The fourth-order valence-electron chi connectivity index (χ4n) is 3.36. The number of thiophene rings is 1. The molecular formula is C21H19ClFN3O4S2. The summed E-state index contributed by atoms with van der Waals surface area (Å²) < 4.78 is 47.3. The van der Waals surface area contributed by atoms with Crippen LogP contribution < -0.4 is 0 Å². The smallest absolute Gasteiger partial charge is 0.350 e. The minimum atomic E-state index is -3.60. The lowest BCUT2D eigenvalue weighted by molar-refractivity contribution is 0.0465. The quantitative estimate of drug-likeness (QED) is 0.363. The molecule has 0 aliphatic rings. The van der Waals surface area contributed by atoms with Gasteiger partial charge in [-0.1, -0.05) is 11.6 Å². The van der Waals surface area contributed by atoms with E-state index in [0.717, 1.165) is 21.2 Å². The predicted molar refractivity (Wildman–Crippen MR) is 122 cm³/mol. The molecule has 0 aliphatic heterocycles. The van der Waals surface area contributed by atoms with Crippen molar-refractivity contribution in [2.75, 3.05) is 14.1 Å². The van der Waals surface area contributed by atoms with Crippen molar-refractivity contribution in [2.45, 2.75) is 25.0 Å². The molecule has 4 rings (SSSR count). The van der Waals surface area contributed by atoms with Crippen molar-refractivity contribution < 1.29 is 22.3 Å². The van der Waals surface area contributed by atoms with Crippen LogP contribution in [-0.4, -0.2) is 42.3 Å². The first-order chi connectivity index (χ1) is 15.1. The minimum Gasteiger partial charge on any atom is -0.453 e. The second-order valence-corrected chi connectivity index (χ2v) is 10.8. The first-order valence-corrected chi connectivity index (χ1v) is 12.2. The Bertz CT molecular complexity index is 1460. The van der Waals surface area contributed by atoms with Gasteiger partial charge < -0.3 is 9.30 Å². The van der Waals surface area contributed by atoms with E-state index < -0.39 is 21.8 Å². The van der Waals surface area contributed by atoms with Gasteiger partial charge in [0.2, 0.25) is 10.0 Å². The number of nitrogens with zero attached hydrogens (tertiary/aromatic N) is 3. The normalized spacial score (nSPS) is 12.2. The molecular weight excluding hydrogens is 477 g/mol. The number of benzene rings is 2. The van der Waals surface area contributed by atoms with Crippen LogP contribution in [-0.2, 0) is 27.9 Å². The largest absolute Gasteiger partial charge is 0.453 e.